The highest BCUT2D eigenvalue weighted by Gasteiger charge is 2.25. The van der Waals surface area contributed by atoms with Crippen LogP contribution in [-0.4, -0.2) is 36.4 Å². The zero-order chi connectivity index (χ0) is 20.5. The summed E-state index contributed by atoms with van der Waals surface area (Å²) in [5, 5.41) is 3.28. The van der Waals surface area contributed by atoms with Gasteiger partial charge in [-0.05, 0) is 55.7 Å². The number of likely N-dealkylation sites (N-methyl/N-ethyl adjacent to an activating group) is 1. The zero-order valence-electron chi connectivity index (χ0n) is 16.6. The second-order valence-corrected chi connectivity index (χ2v) is 7.08. The Labute approximate surface area is 171 Å². The van der Waals surface area contributed by atoms with E-state index in [0.29, 0.717) is 36.8 Å². The number of nitrogens with one attached hydrogen (secondary N) is 1. The molecular weight excluding hydrogens is 376 g/mol. The fourth-order valence-electron chi connectivity index (χ4n) is 2.85. The molecule has 2 aromatic rings. The van der Waals surface area contributed by atoms with Crippen LogP contribution < -0.4 is 10.1 Å². The van der Waals surface area contributed by atoms with Crippen molar-refractivity contribution in [1.82, 2.24) is 10.2 Å². The average molecular weight is 403 g/mol. The van der Waals surface area contributed by atoms with Crippen molar-refractivity contribution in [2.45, 2.75) is 39.3 Å². The fourth-order valence-corrected chi connectivity index (χ4v) is 2.98. The number of amides is 2. The Morgan fingerprint density at radius 3 is 2.46 bits per heavy atom. The first-order valence-corrected chi connectivity index (χ1v) is 9.74. The number of rotatable bonds is 9. The van der Waals surface area contributed by atoms with Gasteiger partial charge in [-0.3, -0.25) is 9.59 Å². The van der Waals surface area contributed by atoms with Gasteiger partial charge in [-0.25, -0.2) is 0 Å². The molecule has 0 aliphatic heterocycles. The molecule has 6 heteroatoms. The van der Waals surface area contributed by atoms with Crippen molar-refractivity contribution in [3.8, 4) is 5.75 Å². The standard InChI is InChI=1S/C22H27ClN2O3/c1-16-7-4-5-8-18(16)15-25(17(2)22(27)24-3)21(26)9-6-14-28-20-12-10-19(23)11-13-20/h4-5,7-8,10-13,17H,6,9,14-15H2,1-3H3,(H,24,27)/t17-/m0/s1. The lowest BCUT2D eigenvalue weighted by Crippen LogP contribution is -2.46. The first-order chi connectivity index (χ1) is 13.4. The number of hydrogen-bond acceptors (Lipinski definition) is 3. The summed E-state index contributed by atoms with van der Waals surface area (Å²) in [5.41, 5.74) is 2.12. The Bertz CT molecular complexity index is 793. The lowest BCUT2D eigenvalue weighted by Gasteiger charge is -2.29. The summed E-state index contributed by atoms with van der Waals surface area (Å²) in [5.74, 6) is 0.464. The Hall–Kier alpha value is -2.53. The van der Waals surface area contributed by atoms with Crippen LogP contribution >= 0.6 is 11.6 Å². The van der Waals surface area contributed by atoms with Gasteiger partial charge >= 0.3 is 0 Å². The van der Waals surface area contributed by atoms with Crippen molar-refractivity contribution < 1.29 is 14.3 Å². The van der Waals surface area contributed by atoms with Crippen molar-refractivity contribution in [3.05, 3.63) is 64.7 Å². The molecule has 0 saturated heterocycles. The maximum absolute atomic E-state index is 12.8. The summed E-state index contributed by atoms with van der Waals surface area (Å²) >= 11 is 5.86. The normalized spacial score (nSPS) is 11.6. The summed E-state index contributed by atoms with van der Waals surface area (Å²) in [6.07, 6.45) is 0.868. The van der Waals surface area contributed by atoms with Crippen LogP contribution in [0, 0.1) is 6.92 Å². The van der Waals surface area contributed by atoms with E-state index in [9.17, 15) is 9.59 Å². The summed E-state index contributed by atoms with van der Waals surface area (Å²) in [6.45, 7) is 4.57. The molecule has 0 heterocycles. The molecule has 0 saturated carbocycles. The molecule has 0 aliphatic carbocycles. The molecule has 0 unspecified atom stereocenters. The number of aryl methyl sites for hydroxylation is 1. The molecule has 1 atom stereocenters. The van der Waals surface area contributed by atoms with Crippen LogP contribution in [0.4, 0.5) is 0 Å². The van der Waals surface area contributed by atoms with Crippen molar-refractivity contribution in [2.24, 2.45) is 0 Å². The van der Waals surface area contributed by atoms with Gasteiger partial charge < -0.3 is 15.0 Å². The molecule has 5 nitrogen and oxygen atoms in total. The van der Waals surface area contributed by atoms with Gasteiger partial charge in [0.2, 0.25) is 11.8 Å². The largest absolute Gasteiger partial charge is 0.494 e. The predicted octanol–water partition coefficient (Wildman–Crippen LogP) is 3.97. The van der Waals surface area contributed by atoms with E-state index in [1.54, 1.807) is 43.1 Å². The van der Waals surface area contributed by atoms with E-state index in [-0.39, 0.29) is 11.8 Å². The molecule has 0 fully saturated rings. The number of carbonyl (C=O) groups is 2. The van der Waals surface area contributed by atoms with Crippen molar-refractivity contribution in [1.29, 1.82) is 0 Å². The molecule has 0 spiro atoms. The molecule has 2 aromatic carbocycles. The molecule has 2 rings (SSSR count). The summed E-state index contributed by atoms with van der Waals surface area (Å²) in [7, 11) is 1.58. The SMILES string of the molecule is CNC(=O)[C@H](C)N(Cc1ccccc1C)C(=O)CCCOc1ccc(Cl)cc1. The van der Waals surface area contributed by atoms with Crippen LogP contribution in [-0.2, 0) is 16.1 Å². The molecule has 2 amide bonds. The highest BCUT2D eigenvalue weighted by atomic mass is 35.5. The second kappa shape index (κ2) is 10.7. The van der Waals surface area contributed by atoms with Crippen LogP contribution in [0.3, 0.4) is 0 Å². The number of benzene rings is 2. The molecule has 0 aromatic heterocycles. The van der Waals surface area contributed by atoms with Gasteiger partial charge in [-0.2, -0.15) is 0 Å². The van der Waals surface area contributed by atoms with Crippen LogP contribution in [0.25, 0.3) is 0 Å². The molecule has 1 N–H and O–H groups in total. The number of ether oxygens (including phenoxy) is 1. The third kappa shape index (κ3) is 6.27. The quantitative estimate of drug-likeness (QED) is 0.645. The average Bonchev–Trinajstić information content (AvgIpc) is 2.70. The van der Waals surface area contributed by atoms with Gasteiger partial charge in [-0.1, -0.05) is 35.9 Å². The number of hydrogen-bond donors (Lipinski definition) is 1. The van der Waals surface area contributed by atoms with Gasteiger partial charge in [0.05, 0.1) is 6.61 Å². The molecule has 0 radical (unpaired) electrons. The van der Waals surface area contributed by atoms with Gasteiger partial charge in [0.15, 0.2) is 0 Å². The predicted molar refractivity (Wildman–Crippen MR) is 111 cm³/mol. The summed E-state index contributed by atoms with van der Waals surface area (Å²) < 4.78 is 5.65. The van der Waals surface area contributed by atoms with E-state index in [2.05, 4.69) is 5.32 Å². The maximum Gasteiger partial charge on any atom is 0.242 e. The second-order valence-electron chi connectivity index (χ2n) is 6.64. The Morgan fingerprint density at radius 1 is 1.14 bits per heavy atom. The van der Waals surface area contributed by atoms with Crippen molar-refractivity contribution in [3.63, 3.8) is 0 Å². The van der Waals surface area contributed by atoms with Crippen LogP contribution in [0.5, 0.6) is 5.75 Å². The Balaban J connectivity index is 1.97. The molecule has 0 bridgehead atoms. The minimum absolute atomic E-state index is 0.0703. The lowest BCUT2D eigenvalue weighted by atomic mass is 10.1. The zero-order valence-corrected chi connectivity index (χ0v) is 17.3. The van der Waals surface area contributed by atoms with E-state index in [1.165, 1.54) is 0 Å². The highest BCUT2D eigenvalue weighted by Crippen LogP contribution is 2.17. The van der Waals surface area contributed by atoms with E-state index < -0.39 is 6.04 Å². The maximum atomic E-state index is 12.8. The summed E-state index contributed by atoms with van der Waals surface area (Å²) in [4.78, 5) is 26.6. The van der Waals surface area contributed by atoms with Crippen LogP contribution in [0.2, 0.25) is 5.02 Å². The van der Waals surface area contributed by atoms with Gasteiger partial charge in [0, 0.05) is 25.0 Å². The van der Waals surface area contributed by atoms with Crippen LogP contribution in [0.1, 0.15) is 30.9 Å². The Morgan fingerprint density at radius 2 is 1.82 bits per heavy atom. The highest BCUT2D eigenvalue weighted by molar-refractivity contribution is 6.30. The van der Waals surface area contributed by atoms with Crippen molar-refractivity contribution in [2.75, 3.05) is 13.7 Å². The minimum Gasteiger partial charge on any atom is -0.494 e. The minimum atomic E-state index is -0.547. The number of halogens is 1. The van der Waals surface area contributed by atoms with E-state index in [4.69, 9.17) is 16.3 Å². The van der Waals surface area contributed by atoms with E-state index in [1.807, 2.05) is 31.2 Å². The van der Waals surface area contributed by atoms with Crippen molar-refractivity contribution >= 4 is 23.4 Å². The topological polar surface area (TPSA) is 58.6 Å². The lowest BCUT2D eigenvalue weighted by molar-refractivity contribution is -0.140. The third-order valence-electron chi connectivity index (χ3n) is 4.63. The molecule has 28 heavy (non-hydrogen) atoms. The first kappa shape index (κ1) is 21.8. The van der Waals surface area contributed by atoms with Gasteiger partial charge in [0.25, 0.3) is 0 Å². The number of nitrogens with zero attached hydrogens (tertiary/aromatic N) is 1. The molecular formula is C22H27ClN2O3. The number of carbonyl (C=O) groups excluding carboxylic acids is 2. The van der Waals surface area contributed by atoms with Gasteiger partial charge in [-0.15, -0.1) is 0 Å². The molecule has 150 valence electrons. The molecule has 0 aliphatic rings. The monoisotopic (exact) mass is 402 g/mol. The van der Waals surface area contributed by atoms with Gasteiger partial charge in [0.1, 0.15) is 11.8 Å². The van der Waals surface area contributed by atoms with E-state index in [0.717, 1.165) is 11.1 Å². The third-order valence-corrected chi connectivity index (χ3v) is 4.88. The fraction of sp³-hybridized carbons (Fsp3) is 0.364. The van der Waals surface area contributed by atoms with E-state index >= 15 is 0 Å². The first-order valence-electron chi connectivity index (χ1n) is 9.36. The smallest absolute Gasteiger partial charge is 0.242 e. The van der Waals surface area contributed by atoms with Crippen LogP contribution in [0.15, 0.2) is 48.5 Å². The summed E-state index contributed by atoms with van der Waals surface area (Å²) in [6, 6.07) is 14.4. The Kier molecular flexibility index (Phi) is 8.33.